The van der Waals surface area contributed by atoms with Gasteiger partial charge in [-0.1, -0.05) is 31.9 Å². The van der Waals surface area contributed by atoms with Crippen LogP contribution in [0.3, 0.4) is 0 Å². The Labute approximate surface area is 122 Å². The highest BCUT2D eigenvalue weighted by Gasteiger charge is 2.25. The number of hydrogen-bond donors (Lipinski definition) is 1. The second-order valence-electron chi connectivity index (χ2n) is 5.84. The fourth-order valence-electron chi connectivity index (χ4n) is 3.29. The number of nitrogens with zero attached hydrogens (tertiary/aromatic N) is 1. The van der Waals surface area contributed by atoms with Gasteiger partial charge in [-0.15, -0.1) is 0 Å². The van der Waals surface area contributed by atoms with Gasteiger partial charge in [0.2, 0.25) is 0 Å². The molecule has 0 saturated heterocycles. The molecule has 0 spiro atoms. The van der Waals surface area contributed by atoms with Gasteiger partial charge in [0.15, 0.2) is 0 Å². The van der Waals surface area contributed by atoms with Crippen LogP contribution in [0.25, 0.3) is 0 Å². The minimum atomic E-state index is -0.0976. The van der Waals surface area contributed by atoms with Crippen LogP contribution in [0, 0.1) is 5.82 Å². The average Bonchev–Trinajstić information content (AvgIpc) is 2.96. The van der Waals surface area contributed by atoms with E-state index in [0.717, 1.165) is 30.6 Å². The molecule has 1 atom stereocenters. The molecular formula is C17H27FN2. The van der Waals surface area contributed by atoms with Crippen LogP contribution in [-0.2, 0) is 6.42 Å². The van der Waals surface area contributed by atoms with Crippen molar-refractivity contribution >= 4 is 5.69 Å². The molecule has 2 N–H and O–H groups in total. The summed E-state index contributed by atoms with van der Waals surface area (Å²) >= 11 is 0. The summed E-state index contributed by atoms with van der Waals surface area (Å²) in [4.78, 5) is 2.26. The van der Waals surface area contributed by atoms with Crippen LogP contribution in [0.2, 0.25) is 0 Å². The van der Waals surface area contributed by atoms with Crippen molar-refractivity contribution in [1.29, 1.82) is 0 Å². The van der Waals surface area contributed by atoms with Gasteiger partial charge in [0.05, 0.1) is 5.69 Å². The zero-order chi connectivity index (χ0) is 14.5. The Morgan fingerprint density at radius 3 is 2.60 bits per heavy atom. The summed E-state index contributed by atoms with van der Waals surface area (Å²) in [6, 6.07) is 6.02. The van der Waals surface area contributed by atoms with Crippen molar-refractivity contribution in [2.24, 2.45) is 5.73 Å². The first-order valence-electron chi connectivity index (χ1n) is 7.97. The van der Waals surface area contributed by atoms with Crippen molar-refractivity contribution in [3.8, 4) is 0 Å². The Kier molecular flexibility index (Phi) is 5.41. The molecule has 20 heavy (non-hydrogen) atoms. The van der Waals surface area contributed by atoms with Crippen LogP contribution < -0.4 is 10.6 Å². The van der Waals surface area contributed by atoms with Crippen molar-refractivity contribution in [2.75, 3.05) is 11.4 Å². The van der Waals surface area contributed by atoms with Gasteiger partial charge in [-0.3, -0.25) is 0 Å². The minimum Gasteiger partial charge on any atom is -0.366 e. The Hall–Kier alpha value is -1.09. The van der Waals surface area contributed by atoms with E-state index in [4.69, 9.17) is 5.73 Å². The summed E-state index contributed by atoms with van der Waals surface area (Å²) in [5.74, 6) is -0.0976. The van der Waals surface area contributed by atoms with E-state index in [0.29, 0.717) is 6.04 Å². The highest BCUT2D eigenvalue weighted by Crippen LogP contribution is 2.32. The third kappa shape index (κ3) is 3.32. The fourth-order valence-corrected chi connectivity index (χ4v) is 3.29. The van der Waals surface area contributed by atoms with Crippen molar-refractivity contribution in [3.05, 3.63) is 29.6 Å². The van der Waals surface area contributed by atoms with Gasteiger partial charge in [-0.05, 0) is 44.2 Å². The number of para-hydroxylation sites is 1. The second kappa shape index (κ2) is 7.07. The van der Waals surface area contributed by atoms with Gasteiger partial charge in [0.1, 0.15) is 5.82 Å². The molecule has 1 aromatic rings. The Morgan fingerprint density at radius 1 is 1.30 bits per heavy atom. The van der Waals surface area contributed by atoms with Crippen LogP contribution in [0.5, 0.6) is 0 Å². The first-order valence-corrected chi connectivity index (χ1v) is 7.97. The Morgan fingerprint density at radius 2 is 2.00 bits per heavy atom. The summed E-state index contributed by atoms with van der Waals surface area (Å²) in [5.41, 5.74) is 7.94. The molecule has 3 heteroatoms. The van der Waals surface area contributed by atoms with Gasteiger partial charge >= 0.3 is 0 Å². The molecule has 2 rings (SSSR count). The van der Waals surface area contributed by atoms with Crippen LogP contribution in [0.4, 0.5) is 10.1 Å². The third-order valence-electron chi connectivity index (χ3n) is 4.47. The topological polar surface area (TPSA) is 29.3 Å². The zero-order valence-corrected chi connectivity index (χ0v) is 12.7. The maximum atomic E-state index is 14.4. The van der Waals surface area contributed by atoms with Crippen molar-refractivity contribution in [2.45, 2.75) is 64.5 Å². The van der Waals surface area contributed by atoms with Crippen molar-refractivity contribution in [3.63, 3.8) is 0 Å². The number of anilines is 1. The van der Waals surface area contributed by atoms with Gasteiger partial charge in [-0.25, -0.2) is 4.39 Å². The van der Waals surface area contributed by atoms with E-state index in [9.17, 15) is 4.39 Å². The maximum absolute atomic E-state index is 14.4. The van der Waals surface area contributed by atoms with Gasteiger partial charge in [-0.2, -0.15) is 0 Å². The van der Waals surface area contributed by atoms with Crippen LogP contribution in [0.1, 0.15) is 51.5 Å². The lowest BCUT2D eigenvalue weighted by atomic mass is 10.0. The molecule has 0 aliphatic heterocycles. The molecule has 0 aromatic heterocycles. The summed E-state index contributed by atoms with van der Waals surface area (Å²) in [5, 5.41) is 0. The average molecular weight is 278 g/mol. The molecule has 1 aliphatic carbocycles. The second-order valence-corrected chi connectivity index (χ2v) is 5.84. The summed E-state index contributed by atoms with van der Waals surface area (Å²) in [6.07, 6.45) is 6.57. The van der Waals surface area contributed by atoms with Crippen LogP contribution >= 0.6 is 0 Å². The molecule has 1 aliphatic rings. The number of rotatable bonds is 6. The first-order chi connectivity index (χ1) is 9.67. The molecule has 1 aromatic carbocycles. The fraction of sp³-hybridized carbons (Fsp3) is 0.647. The summed E-state index contributed by atoms with van der Waals surface area (Å²) in [6.45, 7) is 5.06. The molecule has 1 fully saturated rings. The van der Waals surface area contributed by atoms with Crippen molar-refractivity contribution < 1.29 is 4.39 Å². The van der Waals surface area contributed by atoms with E-state index in [1.807, 2.05) is 6.07 Å². The van der Waals surface area contributed by atoms with Gasteiger partial charge in [0, 0.05) is 18.6 Å². The minimum absolute atomic E-state index is 0.0976. The molecule has 112 valence electrons. The lowest BCUT2D eigenvalue weighted by Crippen LogP contribution is -2.35. The highest BCUT2D eigenvalue weighted by atomic mass is 19.1. The van der Waals surface area contributed by atoms with E-state index in [1.54, 1.807) is 12.1 Å². The largest absolute Gasteiger partial charge is 0.366 e. The first kappa shape index (κ1) is 15.3. The SMILES string of the molecule is CCC(N)Cc1cccc(F)c1N(CC)C1CCCC1. The Balaban J connectivity index is 2.31. The summed E-state index contributed by atoms with van der Waals surface area (Å²) < 4.78 is 14.4. The summed E-state index contributed by atoms with van der Waals surface area (Å²) in [7, 11) is 0. The lowest BCUT2D eigenvalue weighted by molar-refractivity contribution is 0.569. The molecule has 0 heterocycles. The molecule has 1 unspecified atom stereocenters. The standard InChI is InChI=1S/C17H27FN2/c1-3-14(19)12-13-8-7-11-16(18)17(13)20(4-2)15-9-5-6-10-15/h7-8,11,14-15H,3-6,9-10,12,19H2,1-2H3. The molecule has 0 bridgehead atoms. The molecule has 1 saturated carbocycles. The van der Waals surface area contributed by atoms with Crippen molar-refractivity contribution in [1.82, 2.24) is 0 Å². The van der Waals surface area contributed by atoms with E-state index in [-0.39, 0.29) is 11.9 Å². The maximum Gasteiger partial charge on any atom is 0.146 e. The number of halogens is 1. The number of benzene rings is 1. The molecular weight excluding hydrogens is 251 g/mol. The van der Waals surface area contributed by atoms with E-state index in [2.05, 4.69) is 18.7 Å². The smallest absolute Gasteiger partial charge is 0.146 e. The molecule has 0 amide bonds. The number of nitrogens with two attached hydrogens (primary N) is 1. The third-order valence-corrected chi connectivity index (χ3v) is 4.47. The predicted molar refractivity (Wildman–Crippen MR) is 83.6 cm³/mol. The monoisotopic (exact) mass is 278 g/mol. The normalized spacial score (nSPS) is 17.4. The highest BCUT2D eigenvalue weighted by molar-refractivity contribution is 5.56. The quantitative estimate of drug-likeness (QED) is 0.855. The van der Waals surface area contributed by atoms with Gasteiger partial charge < -0.3 is 10.6 Å². The Bertz CT molecular complexity index is 427. The molecule has 2 nitrogen and oxygen atoms in total. The van der Waals surface area contributed by atoms with Gasteiger partial charge in [0.25, 0.3) is 0 Å². The van der Waals surface area contributed by atoms with Crippen LogP contribution in [-0.4, -0.2) is 18.6 Å². The predicted octanol–water partition coefficient (Wildman–Crippen LogP) is 3.87. The lowest BCUT2D eigenvalue weighted by Gasteiger charge is -2.32. The van der Waals surface area contributed by atoms with Crippen LogP contribution in [0.15, 0.2) is 18.2 Å². The van der Waals surface area contributed by atoms with E-state index >= 15 is 0 Å². The molecule has 0 radical (unpaired) electrons. The zero-order valence-electron chi connectivity index (χ0n) is 12.7. The number of hydrogen-bond acceptors (Lipinski definition) is 2. The van der Waals surface area contributed by atoms with E-state index in [1.165, 1.54) is 25.7 Å². The van der Waals surface area contributed by atoms with E-state index < -0.39 is 0 Å².